The zero-order chi connectivity index (χ0) is 13.2. The van der Waals surface area contributed by atoms with E-state index < -0.39 is 0 Å². The molecule has 2 saturated heterocycles. The maximum absolute atomic E-state index is 12.2. The number of nitrogens with one attached hydrogen (secondary N) is 2. The van der Waals surface area contributed by atoms with E-state index in [0.717, 1.165) is 12.3 Å². The summed E-state index contributed by atoms with van der Waals surface area (Å²) in [4.78, 5) is 12.2. The molecule has 0 spiro atoms. The van der Waals surface area contributed by atoms with Crippen molar-refractivity contribution in [3.63, 3.8) is 0 Å². The third kappa shape index (κ3) is 4.11. The summed E-state index contributed by atoms with van der Waals surface area (Å²) in [6.07, 6.45) is 10.8. The van der Waals surface area contributed by atoms with Gasteiger partial charge in [-0.15, -0.1) is 12.4 Å². The van der Waals surface area contributed by atoms with Crippen molar-refractivity contribution in [2.24, 2.45) is 11.8 Å². The summed E-state index contributed by atoms with van der Waals surface area (Å²) in [5, 5.41) is 6.94. The normalized spacial score (nSPS) is 40.0. The van der Waals surface area contributed by atoms with Gasteiger partial charge in [0.2, 0.25) is 5.91 Å². The minimum Gasteiger partial charge on any atom is -0.353 e. The van der Waals surface area contributed by atoms with Crippen LogP contribution in [-0.4, -0.2) is 24.0 Å². The summed E-state index contributed by atoms with van der Waals surface area (Å²) < 4.78 is 0. The summed E-state index contributed by atoms with van der Waals surface area (Å²) >= 11 is 0. The largest absolute Gasteiger partial charge is 0.353 e. The van der Waals surface area contributed by atoms with Gasteiger partial charge in [-0.3, -0.25) is 4.79 Å². The summed E-state index contributed by atoms with van der Waals surface area (Å²) in [5.74, 6) is 1.72. The zero-order valence-corrected chi connectivity index (χ0v) is 13.4. The number of amides is 1. The molecule has 2 N–H and O–H groups in total. The van der Waals surface area contributed by atoms with Crippen molar-refractivity contribution < 1.29 is 4.79 Å². The van der Waals surface area contributed by atoms with Crippen LogP contribution in [0.25, 0.3) is 0 Å². The van der Waals surface area contributed by atoms with Crippen LogP contribution in [-0.2, 0) is 4.79 Å². The number of carbonyl (C=O) groups is 1. The first kappa shape index (κ1) is 16.1. The standard InChI is InChI=1S/C16H28N2O.ClH/c1-11-3-2-4-13(7-11)18-16(19)10-12-8-14-5-6-15(9-12)17-14;/h11-15,17H,2-10H2,1H3,(H,18,19);1H. The molecule has 4 heteroatoms. The van der Waals surface area contributed by atoms with E-state index in [0.29, 0.717) is 30.0 Å². The monoisotopic (exact) mass is 300 g/mol. The smallest absolute Gasteiger partial charge is 0.220 e. The lowest BCUT2D eigenvalue weighted by Gasteiger charge is -2.31. The van der Waals surface area contributed by atoms with Crippen molar-refractivity contribution in [1.82, 2.24) is 10.6 Å². The predicted molar refractivity (Wildman–Crippen MR) is 84.1 cm³/mol. The topological polar surface area (TPSA) is 41.1 Å². The number of carbonyl (C=O) groups excluding carboxylic acids is 1. The lowest BCUT2D eigenvalue weighted by atomic mass is 9.86. The molecular weight excluding hydrogens is 272 g/mol. The Morgan fingerprint density at radius 3 is 2.45 bits per heavy atom. The van der Waals surface area contributed by atoms with Gasteiger partial charge in [0, 0.05) is 24.5 Å². The quantitative estimate of drug-likeness (QED) is 0.841. The third-order valence-corrected chi connectivity index (χ3v) is 5.35. The van der Waals surface area contributed by atoms with E-state index in [9.17, 15) is 4.79 Å². The van der Waals surface area contributed by atoms with E-state index in [1.807, 2.05) is 0 Å². The van der Waals surface area contributed by atoms with Gasteiger partial charge in [-0.1, -0.05) is 19.8 Å². The number of hydrogen-bond donors (Lipinski definition) is 2. The molecule has 2 heterocycles. The molecule has 4 atom stereocenters. The molecule has 0 aromatic rings. The minimum atomic E-state index is 0. The van der Waals surface area contributed by atoms with Crippen molar-refractivity contribution in [1.29, 1.82) is 0 Å². The van der Waals surface area contributed by atoms with Crippen LogP contribution in [0.5, 0.6) is 0 Å². The molecule has 3 nitrogen and oxygen atoms in total. The molecule has 0 aromatic carbocycles. The second kappa shape index (κ2) is 7.13. The number of hydrogen-bond acceptors (Lipinski definition) is 2. The van der Waals surface area contributed by atoms with Gasteiger partial charge in [-0.25, -0.2) is 0 Å². The van der Waals surface area contributed by atoms with Crippen LogP contribution < -0.4 is 10.6 Å². The van der Waals surface area contributed by atoms with Crippen LogP contribution in [0.3, 0.4) is 0 Å². The molecule has 2 bridgehead atoms. The van der Waals surface area contributed by atoms with Crippen LogP contribution in [0.4, 0.5) is 0 Å². The fourth-order valence-electron chi connectivity index (χ4n) is 4.46. The second-order valence-corrected chi connectivity index (χ2v) is 7.22. The van der Waals surface area contributed by atoms with Gasteiger partial charge in [-0.05, 0) is 50.4 Å². The summed E-state index contributed by atoms with van der Waals surface area (Å²) in [5.41, 5.74) is 0. The number of piperidine rings is 1. The molecule has 1 aliphatic carbocycles. The second-order valence-electron chi connectivity index (χ2n) is 7.22. The highest BCUT2D eigenvalue weighted by Crippen LogP contribution is 2.32. The SMILES string of the molecule is CC1CCCC(NC(=O)CC2CC3CCC(C2)N3)C1.Cl. The first-order chi connectivity index (χ1) is 9.19. The Bertz CT molecular complexity index is 324. The van der Waals surface area contributed by atoms with Crippen molar-refractivity contribution >= 4 is 18.3 Å². The Kier molecular flexibility index (Phi) is 5.74. The van der Waals surface area contributed by atoms with Crippen LogP contribution >= 0.6 is 12.4 Å². The molecule has 3 fully saturated rings. The molecule has 3 aliphatic rings. The lowest BCUT2D eigenvalue weighted by Crippen LogP contribution is -2.42. The molecule has 1 amide bonds. The average molecular weight is 301 g/mol. The molecule has 0 radical (unpaired) electrons. The van der Waals surface area contributed by atoms with Crippen LogP contribution in [0, 0.1) is 11.8 Å². The predicted octanol–water partition coefficient (Wildman–Crippen LogP) is 3.02. The van der Waals surface area contributed by atoms with Gasteiger partial charge in [0.25, 0.3) is 0 Å². The van der Waals surface area contributed by atoms with Gasteiger partial charge in [0.1, 0.15) is 0 Å². The van der Waals surface area contributed by atoms with E-state index in [2.05, 4.69) is 17.6 Å². The van der Waals surface area contributed by atoms with Crippen molar-refractivity contribution in [3.8, 4) is 0 Å². The van der Waals surface area contributed by atoms with Crippen LogP contribution in [0.1, 0.15) is 64.7 Å². The molecule has 4 unspecified atom stereocenters. The Morgan fingerprint density at radius 2 is 1.80 bits per heavy atom. The molecule has 3 rings (SSSR count). The minimum absolute atomic E-state index is 0. The van der Waals surface area contributed by atoms with Crippen molar-refractivity contribution in [3.05, 3.63) is 0 Å². The Labute approximate surface area is 129 Å². The Morgan fingerprint density at radius 1 is 1.10 bits per heavy atom. The molecule has 2 aliphatic heterocycles. The van der Waals surface area contributed by atoms with E-state index in [-0.39, 0.29) is 12.4 Å². The molecule has 116 valence electrons. The zero-order valence-electron chi connectivity index (χ0n) is 12.6. The Balaban J connectivity index is 0.00000147. The summed E-state index contributed by atoms with van der Waals surface area (Å²) in [7, 11) is 0. The summed E-state index contributed by atoms with van der Waals surface area (Å²) in [6.45, 7) is 2.31. The Hall–Kier alpha value is -0.280. The van der Waals surface area contributed by atoms with Gasteiger partial charge in [-0.2, -0.15) is 0 Å². The van der Waals surface area contributed by atoms with Crippen LogP contribution in [0.15, 0.2) is 0 Å². The fraction of sp³-hybridized carbons (Fsp3) is 0.938. The van der Waals surface area contributed by atoms with Gasteiger partial charge in [0.15, 0.2) is 0 Å². The van der Waals surface area contributed by atoms with E-state index >= 15 is 0 Å². The lowest BCUT2D eigenvalue weighted by molar-refractivity contribution is -0.123. The van der Waals surface area contributed by atoms with Gasteiger partial charge in [0.05, 0.1) is 0 Å². The maximum Gasteiger partial charge on any atom is 0.220 e. The maximum atomic E-state index is 12.2. The number of halogens is 1. The van der Waals surface area contributed by atoms with E-state index in [4.69, 9.17) is 0 Å². The van der Waals surface area contributed by atoms with Crippen molar-refractivity contribution in [2.45, 2.75) is 82.8 Å². The molecular formula is C16H29ClN2O. The van der Waals surface area contributed by atoms with Gasteiger partial charge >= 0.3 is 0 Å². The highest BCUT2D eigenvalue weighted by Gasteiger charge is 2.34. The van der Waals surface area contributed by atoms with E-state index in [1.54, 1.807) is 0 Å². The first-order valence-electron chi connectivity index (χ1n) is 8.24. The average Bonchev–Trinajstić information content (AvgIpc) is 2.68. The highest BCUT2D eigenvalue weighted by molar-refractivity contribution is 5.85. The third-order valence-electron chi connectivity index (χ3n) is 5.35. The van der Waals surface area contributed by atoms with Crippen molar-refractivity contribution in [2.75, 3.05) is 0 Å². The number of rotatable bonds is 3. The molecule has 1 saturated carbocycles. The van der Waals surface area contributed by atoms with Gasteiger partial charge < -0.3 is 10.6 Å². The fourth-order valence-corrected chi connectivity index (χ4v) is 4.46. The highest BCUT2D eigenvalue weighted by atomic mass is 35.5. The van der Waals surface area contributed by atoms with E-state index in [1.165, 1.54) is 51.4 Å². The first-order valence-corrected chi connectivity index (χ1v) is 8.24. The summed E-state index contributed by atoms with van der Waals surface area (Å²) in [6, 6.07) is 1.85. The van der Waals surface area contributed by atoms with Crippen LogP contribution in [0.2, 0.25) is 0 Å². The molecule has 20 heavy (non-hydrogen) atoms. The molecule has 0 aromatic heterocycles. The number of fused-ring (bicyclic) bond motifs is 2.